The Morgan fingerprint density at radius 1 is 0.950 bits per heavy atom. The third kappa shape index (κ3) is 3.08. The lowest BCUT2D eigenvalue weighted by atomic mass is 10.0. The normalized spacial score (nSPS) is 10.1. The van der Waals surface area contributed by atoms with Crippen LogP contribution >= 0.6 is 12.6 Å². The van der Waals surface area contributed by atoms with E-state index >= 15 is 0 Å². The fraction of sp³-hybridized carbons (Fsp3) is 0.125. The number of carbonyl (C=O) groups is 2. The summed E-state index contributed by atoms with van der Waals surface area (Å²) in [6, 6.07) is 13.8. The highest BCUT2D eigenvalue weighted by Gasteiger charge is 2.17. The minimum absolute atomic E-state index is 0.196. The maximum atomic E-state index is 12.2. The van der Waals surface area contributed by atoms with Gasteiger partial charge in [0.25, 0.3) is 0 Å². The molecule has 102 valence electrons. The van der Waals surface area contributed by atoms with Crippen molar-refractivity contribution in [3.8, 4) is 5.75 Å². The number of methoxy groups -OCH3 is 1. The number of hydrogen-bond acceptors (Lipinski definition) is 4. The van der Waals surface area contributed by atoms with E-state index in [1.807, 2.05) is 0 Å². The summed E-state index contributed by atoms with van der Waals surface area (Å²) in [4.78, 5) is 24.9. The molecule has 0 bridgehead atoms. The van der Waals surface area contributed by atoms with Crippen molar-refractivity contribution in [2.45, 2.75) is 11.3 Å². The SMILES string of the molecule is COc1ccccc1C(=O)CC(=O)c1ccccc1S. The average molecular weight is 286 g/mol. The number of rotatable bonds is 5. The molecule has 0 saturated heterocycles. The quantitative estimate of drug-likeness (QED) is 0.520. The Morgan fingerprint density at radius 2 is 1.50 bits per heavy atom. The Labute approximate surface area is 123 Å². The first-order valence-corrected chi connectivity index (χ1v) is 6.55. The van der Waals surface area contributed by atoms with Crippen molar-refractivity contribution in [2.75, 3.05) is 7.11 Å². The summed E-state index contributed by atoms with van der Waals surface area (Å²) in [5.74, 6) is -0.0278. The van der Waals surface area contributed by atoms with Gasteiger partial charge in [0.1, 0.15) is 5.75 Å². The van der Waals surface area contributed by atoms with Crippen LogP contribution < -0.4 is 4.74 Å². The van der Waals surface area contributed by atoms with Crippen LogP contribution in [0.4, 0.5) is 0 Å². The van der Waals surface area contributed by atoms with Crippen molar-refractivity contribution in [1.29, 1.82) is 0 Å². The van der Waals surface area contributed by atoms with Gasteiger partial charge in [-0.2, -0.15) is 0 Å². The van der Waals surface area contributed by atoms with Crippen LogP contribution in [0.5, 0.6) is 5.75 Å². The fourth-order valence-corrected chi connectivity index (χ4v) is 2.21. The highest BCUT2D eigenvalue weighted by Crippen LogP contribution is 2.21. The molecule has 0 heterocycles. The maximum absolute atomic E-state index is 12.2. The predicted molar refractivity (Wildman–Crippen MR) is 80.0 cm³/mol. The van der Waals surface area contributed by atoms with E-state index in [1.54, 1.807) is 48.5 Å². The van der Waals surface area contributed by atoms with Gasteiger partial charge in [-0.1, -0.05) is 30.3 Å². The summed E-state index contributed by atoms with van der Waals surface area (Å²) in [5, 5.41) is 0. The molecular formula is C16H14O3S. The molecule has 3 nitrogen and oxygen atoms in total. The Bertz CT molecular complexity index is 650. The number of ether oxygens (including phenoxy) is 1. The van der Waals surface area contributed by atoms with Gasteiger partial charge in [0.2, 0.25) is 0 Å². The van der Waals surface area contributed by atoms with E-state index < -0.39 is 0 Å². The smallest absolute Gasteiger partial charge is 0.174 e. The molecule has 0 amide bonds. The van der Waals surface area contributed by atoms with Gasteiger partial charge in [0.15, 0.2) is 11.6 Å². The van der Waals surface area contributed by atoms with Crippen molar-refractivity contribution >= 4 is 24.2 Å². The summed E-state index contributed by atoms with van der Waals surface area (Å²) in [7, 11) is 1.50. The van der Waals surface area contributed by atoms with Crippen LogP contribution in [0.25, 0.3) is 0 Å². The minimum atomic E-state index is -0.260. The highest BCUT2D eigenvalue weighted by molar-refractivity contribution is 7.80. The monoisotopic (exact) mass is 286 g/mol. The summed E-state index contributed by atoms with van der Waals surface area (Å²) < 4.78 is 5.13. The van der Waals surface area contributed by atoms with E-state index in [0.717, 1.165) is 0 Å². The third-order valence-corrected chi connectivity index (χ3v) is 3.32. The molecule has 0 N–H and O–H groups in total. The van der Waals surface area contributed by atoms with E-state index in [2.05, 4.69) is 12.6 Å². The van der Waals surface area contributed by atoms with E-state index in [-0.39, 0.29) is 18.0 Å². The van der Waals surface area contributed by atoms with Gasteiger partial charge >= 0.3 is 0 Å². The second-order valence-electron chi connectivity index (χ2n) is 4.24. The van der Waals surface area contributed by atoms with Gasteiger partial charge in [0, 0.05) is 10.5 Å². The van der Waals surface area contributed by atoms with Crippen LogP contribution in [-0.2, 0) is 0 Å². The summed E-state index contributed by atoms with van der Waals surface area (Å²) in [6.07, 6.45) is -0.196. The van der Waals surface area contributed by atoms with E-state index in [9.17, 15) is 9.59 Å². The van der Waals surface area contributed by atoms with Gasteiger partial charge < -0.3 is 4.74 Å². The van der Waals surface area contributed by atoms with Crippen molar-refractivity contribution in [3.05, 3.63) is 59.7 Å². The summed E-state index contributed by atoms with van der Waals surface area (Å²) >= 11 is 4.23. The number of benzene rings is 2. The Kier molecular flexibility index (Phi) is 4.58. The molecule has 0 aliphatic heterocycles. The van der Waals surface area contributed by atoms with Crippen LogP contribution in [0, 0.1) is 0 Å². The van der Waals surface area contributed by atoms with Crippen LogP contribution in [0.1, 0.15) is 27.1 Å². The standard InChI is InChI=1S/C16H14O3S/c1-19-15-8-4-2-6-11(15)13(17)10-14(18)12-7-3-5-9-16(12)20/h2-9,20H,10H2,1H3. The van der Waals surface area contributed by atoms with Gasteiger partial charge in [-0.15, -0.1) is 12.6 Å². The first kappa shape index (κ1) is 14.3. The van der Waals surface area contributed by atoms with E-state index in [1.165, 1.54) is 7.11 Å². The number of para-hydroxylation sites is 1. The zero-order valence-electron chi connectivity index (χ0n) is 11.0. The molecule has 2 rings (SSSR count). The molecule has 0 spiro atoms. The van der Waals surface area contributed by atoms with Crippen LogP contribution in [0.2, 0.25) is 0 Å². The first-order valence-electron chi connectivity index (χ1n) is 6.11. The number of ketones is 2. The van der Waals surface area contributed by atoms with Gasteiger partial charge in [-0.05, 0) is 18.2 Å². The third-order valence-electron chi connectivity index (χ3n) is 2.93. The molecule has 0 aromatic heterocycles. The lowest BCUT2D eigenvalue weighted by Gasteiger charge is -2.07. The maximum Gasteiger partial charge on any atom is 0.174 e. The van der Waals surface area contributed by atoms with Gasteiger partial charge in [-0.25, -0.2) is 0 Å². The fourth-order valence-electron chi connectivity index (χ4n) is 1.92. The van der Waals surface area contributed by atoms with Crippen LogP contribution in [0.15, 0.2) is 53.4 Å². The predicted octanol–water partition coefficient (Wildman–Crippen LogP) is 3.44. The molecule has 0 saturated carbocycles. The molecule has 0 aliphatic carbocycles. The second-order valence-corrected chi connectivity index (χ2v) is 4.72. The minimum Gasteiger partial charge on any atom is -0.496 e. The van der Waals surface area contributed by atoms with Crippen molar-refractivity contribution < 1.29 is 14.3 Å². The van der Waals surface area contributed by atoms with Crippen LogP contribution in [0.3, 0.4) is 0 Å². The first-order chi connectivity index (χ1) is 9.63. The second kappa shape index (κ2) is 6.39. The molecule has 0 aliphatic rings. The molecule has 4 heteroatoms. The lowest BCUT2D eigenvalue weighted by Crippen LogP contribution is -2.10. The Balaban J connectivity index is 2.20. The van der Waals surface area contributed by atoms with Gasteiger partial charge in [0.05, 0.1) is 19.1 Å². The zero-order valence-corrected chi connectivity index (χ0v) is 11.9. The number of thiol groups is 1. The van der Waals surface area contributed by atoms with Crippen molar-refractivity contribution in [2.24, 2.45) is 0 Å². The van der Waals surface area contributed by atoms with E-state index in [4.69, 9.17) is 4.74 Å². The number of hydrogen-bond donors (Lipinski definition) is 1. The number of carbonyl (C=O) groups excluding carboxylic acids is 2. The summed E-state index contributed by atoms with van der Waals surface area (Å²) in [5.41, 5.74) is 0.874. The van der Waals surface area contributed by atoms with E-state index in [0.29, 0.717) is 21.8 Å². The average Bonchev–Trinajstić information content (AvgIpc) is 2.47. The largest absolute Gasteiger partial charge is 0.496 e. The molecule has 2 aromatic rings. The Hall–Kier alpha value is -2.07. The van der Waals surface area contributed by atoms with Gasteiger partial charge in [-0.3, -0.25) is 9.59 Å². The number of Topliss-reactive ketones (excluding diaryl/α,β-unsaturated/α-hetero) is 2. The molecular weight excluding hydrogens is 272 g/mol. The highest BCUT2D eigenvalue weighted by atomic mass is 32.1. The molecule has 0 atom stereocenters. The molecule has 2 aromatic carbocycles. The molecule has 0 fully saturated rings. The topological polar surface area (TPSA) is 43.4 Å². The Morgan fingerprint density at radius 3 is 2.15 bits per heavy atom. The van der Waals surface area contributed by atoms with Crippen molar-refractivity contribution in [1.82, 2.24) is 0 Å². The zero-order chi connectivity index (χ0) is 14.5. The molecule has 0 radical (unpaired) electrons. The van der Waals surface area contributed by atoms with Crippen LogP contribution in [-0.4, -0.2) is 18.7 Å². The lowest BCUT2D eigenvalue weighted by molar-refractivity contribution is 0.0891. The molecule has 20 heavy (non-hydrogen) atoms. The summed E-state index contributed by atoms with van der Waals surface area (Å²) in [6.45, 7) is 0. The molecule has 0 unspecified atom stereocenters. The van der Waals surface area contributed by atoms with Crippen molar-refractivity contribution in [3.63, 3.8) is 0 Å².